The van der Waals surface area contributed by atoms with Gasteiger partial charge in [0, 0.05) is 23.9 Å². The molecule has 1 heterocycles. The lowest BCUT2D eigenvalue weighted by molar-refractivity contribution is -0.135. The van der Waals surface area contributed by atoms with E-state index in [9.17, 15) is 22.8 Å². The number of ether oxygens (including phenoxy) is 1. The molecule has 0 spiro atoms. The molecule has 2 rings (SSSR count). The molecule has 1 aliphatic rings. The van der Waals surface area contributed by atoms with Gasteiger partial charge in [-0.2, -0.15) is 0 Å². The van der Waals surface area contributed by atoms with Gasteiger partial charge in [-0.05, 0) is 13.3 Å². The first-order valence-corrected chi connectivity index (χ1v) is 7.25. The maximum Gasteiger partial charge on any atom is 0.354 e. The van der Waals surface area contributed by atoms with E-state index in [0.717, 1.165) is 0 Å². The summed E-state index contributed by atoms with van der Waals surface area (Å²) in [5.74, 6) is -4.76. The molecule has 0 saturated heterocycles. The van der Waals surface area contributed by atoms with Gasteiger partial charge >= 0.3 is 5.97 Å². The molecule has 1 aromatic rings. The molecule has 1 unspecified atom stereocenters. The van der Waals surface area contributed by atoms with Crippen molar-refractivity contribution < 1.29 is 27.5 Å². The topological polar surface area (TPSA) is 67.8 Å². The quantitative estimate of drug-likeness (QED) is 0.834. The zero-order valence-electron chi connectivity index (χ0n) is 12.8. The van der Waals surface area contributed by atoms with Crippen LogP contribution < -0.4 is 5.32 Å². The second-order valence-electron chi connectivity index (χ2n) is 5.00. The fourth-order valence-corrected chi connectivity index (χ4v) is 2.21. The van der Waals surface area contributed by atoms with E-state index in [-0.39, 0.29) is 18.7 Å². The fourth-order valence-electron chi connectivity index (χ4n) is 2.21. The number of benzene rings is 1. The van der Waals surface area contributed by atoms with Crippen LogP contribution in [0.3, 0.4) is 0 Å². The Morgan fingerprint density at radius 3 is 2.58 bits per heavy atom. The number of carbonyl (C=O) groups is 2. The van der Waals surface area contributed by atoms with Crippen molar-refractivity contribution in [2.75, 3.05) is 6.61 Å². The number of hydrogen-bond acceptors (Lipinski definition) is 4. The third-order valence-electron chi connectivity index (χ3n) is 3.28. The van der Waals surface area contributed by atoms with Gasteiger partial charge in [-0.25, -0.2) is 18.0 Å². The highest BCUT2D eigenvalue weighted by molar-refractivity contribution is 6.39. The summed E-state index contributed by atoms with van der Waals surface area (Å²) in [6, 6.07) is 0.245. The van der Waals surface area contributed by atoms with Crippen molar-refractivity contribution >= 4 is 17.6 Å². The molecule has 0 aromatic heterocycles. The van der Waals surface area contributed by atoms with Gasteiger partial charge in [0.25, 0.3) is 0 Å². The van der Waals surface area contributed by atoms with Gasteiger partial charge in [0.15, 0.2) is 0 Å². The van der Waals surface area contributed by atoms with Crippen molar-refractivity contribution in [2.24, 2.45) is 4.99 Å². The Hall–Kier alpha value is -2.64. The van der Waals surface area contributed by atoms with Crippen molar-refractivity contribution in [1.82, 2.24) is 5.32 Å². The molecular weight excluding hydrogens is 325 g/mol. The van der Waals surface area contributed by atoms with Gasteiger partial charge in [0.2, 0.25) is 5.91 Å². The molecule has 1 N–H and O–H groups in total. The minimum Gasteiger partial charge on any atom is -0.461 e. The zero-order chi connectivity index (χ0) is 17.7. The van der Waals surface area contributed by atoms with Crippen LogP contribution >= 0.6 is 0 Å². The number of aliphatic imine (C=N–C) groups is 1. The first-order valence-electron chi connectivity index (χ1n) is 7.25. The van der Waals surface area contributed by atoms with E-state index in [4.69, 9.17) is 4.74 Å². The summed E-state index contributed by atoms with van der Waals surface area (Å²) in [6.45, 7) is 1.78. The Kier molecular flexibility index (Phi) is 5.73. The summed E-state index contributed by atoms with van der Waals surface area (Å²) in [4.78, 5) is 27.7. The second-order valence-corrected chi connectivity index (χ2v) is 5.00. The number of amides is 1. The molecule has 0 aliphatic carbocycles. The summed E-state index contributed by atoms with van der Waals surface area (Å²) in [7, 11) is 0. The lowest BCUT2D eigenvalue weighted by Crippen LogP contribution is -2.45. The highest BCUT2D eigenvalue weighted by Gasteiger charge is 2.27. The number of nitrogens with one attached hydrogen (secondary N) is 1. The van der Waals surface area contributed by atoms with E-state index >= 15 is 0 Å². The van der Waals surface area contributed by atoms with E-state index in [0.29, 0.717) is 12.1 Å². The SMILES string of the molecule is CCOC(=O)C1=NC=CCC1NC(=O)Cc1c(F)cc(F)cc1F. The Labute approximate surface area is 136 Å². The van der Waals surface area contributed by atoms with Gasteiger partial charge in [-0.15, -0.1) is 0 Å². The van der Waals surface area contributed by atoms with Crippen LogP contribution in [0.15, 0.2) is 29.4 Å². The maximum atomic E-state index is 13.6. The highest BCUT2D eigenvalue weighted by Crippen LogP contribution is 2.16. The van der Waals surface area contributed by atoms with Crippen molar-refractivity contribution in [3.63, 3.8) is 0 Å². The number of rotatable bonds is 5. The Bertz CT molecular complexity index is 694. The standard InChI is InChI=1S/C16H15F3N2O3/c1-2-24-16(23)15-13(4-3-5-20-15)21-14(22)8-10-11(18)6-9(17)7-12(10)19/h3,5-7,13H,2,4,8H2,1H3,(H,21,22). The zero-order valence-corrected chi connectivity index (χ0v) is 12.8. The highest BCUT2D eigenvalue weighted by atomic mass is 19.1. The molecule has 1 atom stereocenters. The number of halogens is 3. The Morgan fingerprint density at radius 2 is 1.96 bits per heavy atom. The fraction of sp³-hybridized carbons (Fsp3) is 0.312. The summed E-state index contributed by atoms with van der Waals surface area (Å²) < 4.78 is 44.9. The summed E-state index contributed by atoms with van der Waals surface area (Å²) in [6.07, 6.45) is 2.70. The molecule has 0 radical (unpaired) electrons. The van der Waals surface area contributed by atoms with Crippen molar-refractivity contribution in [2.45, 2.75) is 25.8 Å². The molecule has 1 amide bonds. The van der Waals surface area contributed by atoms with Crippen LogP contribution in [0.1, 0.15) is 18.9 Å². The first-order chi connectivity index (χ1) is 11.4. The predicted octanol–water partition coefficient (Wildman–Crippen LogP) is 2.05. The monoisotopic (exact) mass is 340 g/mol. The average Bonchev–Trinajstić information content (AvgIpc) is 2.51. The molecule has 0 saturated carbocycles. The van der Waals surface area contributed by atoms with Gasteiger partial charge in [0.1, 0.15) is 23.2 Å². The van der Waals surface area contributed by atoms with Crippen LogP contribution in [0.25, 0.3) is 0 Å². The summed E-state index contributed by atoms with van der Waals surface area (Å²) in [5, 5.41) is 2.48. The van der Waals surface area contributed by atoms with Gasteiger partial charge in [0.05, 0.1) is 19.1 Å². The smallest absolute Gasteiger partial charge is 0.354 e. The molecule has 128 valence electrons. The van der Waals surface area contributed by atoms with Crippen molar-refractivity contribution in [3.8, 4) is 0 Å². The van der Waals surface area contributed by atoms with E-state index in [1.165, 1.54) is 6.20 Å². The molecule has 0 bridgehead atoms. The lowest BCUT2D eigenvalue weighted by atomic mass is 10.0. The molecule has 0 fully saturated rings. The lowest BCUT2D eigenvalue weighted by Gasteiger charge is -2.20. The molecule has 8 heteroatoms. The summed E-state index contributed by atoms with van der Waals surface area (Å²) >= 11 is 0. The molecule has 1 aromatic carbocycles. The third-order valence-corrected chi connectivity index (χ3v) is 3.28. The minimum atomic E-state index is -1.15. The van der Waals surface area contributed by atoms with Crippen molar-refractivity contribution in [3.05, 3.63) is 47.4 Å². The summed E-state index contributed by atoms with van der Waals surface area (Å²) in [5.41, 5.74) is -0.539. The van der Waals surface area contributed by atoms with Crippen molar-refractivity contribution in [1.29, 1.82) is 0 Å². The van der Waals surface area contributed by atoms with Crippen LogP contribution in [0.2, 0.25) is 0 Å². The maximum absolute atomic E-state index is 13.6. The minimum absolute atomic E-state index is 0.00718. The van der Waals surface area contributed by atoms with Crippen LogP contribution in [0, 0.1) is 17.5 Å². The molecule has 24 heavy (non-hydrogen) atoms. The third kappa shape index (κ3) is 4.21. The van der Waals surface area contributed by atoms with Crippen LogP contribution in [0.5, 0.6) is 0 Å². The van der Waals surface area contributed by atoms with E-state index in [1.54, 1.807) is 13.0 Å². The van der Waals surface area contributed by atoms with E-state index in [1.807, 2.05) is 0 Å². The normalized spacial score (nSPS) is 16.5. The molecule has 5 nitrogen and oxygen atoms in total. The van der Waals surface area contributed by atoms with Crippen LogP contribution in [0.4, 0.5) is 13.2 Å². The average molecular weight is 340 g/mol. The number of hydrogen-bond donors (Lipinski definition) is 1. The Morgan fingerprint density at radius 1 is 1.29 bits per heavy atom. The molecule has 1 aliphatic heterocycles. The van der Waals surface area contributed by atoms with Gasteiger partial charge < -0.3 is 10.1 Å². The van der Waals surface area contributed by atoms with Gasteiger partial charge in [-0.1, -0.05) is 6.08 Å². The van der Waals surface area contributed by atoms with Crippen LogP contribution in [-0.2, 0) is 20.7 Å². The number of nitrogens with zero attached hydrogens (tertiary/aromatic N) is 1. The molecular formula is C16H15F3N2O3. The van der Waals surface area contributed by atoms with Gasteiger partial charge in [-0.3, -0.25) is 9.79 Å². The largest absolute Gasteiger partial charge is 0.461 e. The first kappa shape index (κ1) is 17.7. The second kappa shape index (κ2) is 7.76. The Balaban J connectivity index is 2.08. The van der Waals surface area contributed by atoms with E-state index in [2.05, 4.69) is 10.3 Å². The predicted molar refractivity (Wildman–Crippen MR) is 79.8 cm³/mol. The number of esters is 1. The number of carbonyl (C=O) groups excluding carboxylic acids is 2. The van der Waals surface area contributed by atoms with Crippen LogP contribution in [-0.4, -0.2) is 30.2 Å². The van der Waals surface area contributed by atoms with E-state index < -0.39 is 47.4 Å².